The molecule has 2 N–H and O–H groups in total. The van der Waals surface area contributed by atoms with E-state index in [-0.39, 0.29) is 15.7 Å². The van der Waals surface area contributed by atoms with Crippen molar-refractivity contribution in [3.05, 3.63) is 21.6 Å². The van der Waals surface area contributed by atoms with Gasteiger partial charge in [-0.1, -0.05) is 11.6 Å². The van der Waals surface area contributed by atoms with E-state index < -0.39 is 21.5 Å². The zero-order chi connectivity index (χ0) is 15.7. The van der Waals surface area contributed by atoms with Crippen molar-refractivity contribution in [1.29, 1.82) is 0 Å². The van der Waals surface area contributed by atoms with Gasteiger partial charge in [0.2, 0.25) is 10.0 Å². The van der Waals surface area contributed by atoms with Gasteiger partial charge in [0.05, 0.1) is 11.6 Å². The molecule has 0 unspecified atom stereocenters. The second-order valence-corrected chi connectivity index (χ2v) is 7.40. The fourth-order valence-electron chi connectivity index (χ4n) is 1.37. The molecular weight excluding hydrogens is 374 g/mol. The van der Waals surface area contributed by atoms with Crippen molar-refractivity contribution >= 4 is 43.5 Å². The molecule has 0 heterocycles. The number of hydrogen-bond donors (Lipinski definition) is 2. The van der Waals surface area contributed by atoms with Gasteiger partial charge in [0.15, 0.2) is 5.75 Å². The van der Waals surface area contributed by atoms with Gasteiger partial charge in [0.1, 0.15) is 10.4 Å². The SMILES string of the molecule is COc1c(Br)cc(Cl)cc1S(=O)(=O)NC(C)(C)C(=O)O. The van der Waals surface area contributed by atoms with Crippen LogP contribution >= 0.6 is 27.5 Å². The van der Waals surface area contributed by atoms with Crippen LogP contribution in [0.5, 0.6) is 5.75 Å². The minimum absolute atomic E-state index is 0.0445. The van der Waals surface area contributed by atoms with Crippen molar-refractivity contribution in [2.24, 2.45) is 0 Å². The molecule has 0 atom stereocenters. The van der Waals surface area contributed by atoms with E-state index >= 15 is 0 Å². The van der Waals surface area contributed by atoms with Crippen molar-refractivity contribution in [2.75, 3.05) is 7.11 Å². The maximum absolute atomic E-state index is 12.3. The van der Waals surface area contributed by atoms with E-state index in [0.29, 0.717) is 4.47 Å². The second-order valence-electron chi connectivity index (χ2n) is 4.45. The minimum atomic E-state index is -4.12. The van der Waals surface area contributed by atoms with Crippen LogP contribution in [-0.2, 0) is 14.8 Å². The first kappa shape index (κ1) is 17.2. The summed E-state index contributed by atoms with van der Waals surface area (Å²) in [5.74, 6) is -1.26. The maximum Gasteiger partial charge on any atom is 0.324 e. The largest absolute Gasteiger partial charge is 0.494 e. The van der Waals surface area contributed by atoms with Crippen LogP contribution in [0.4, 0.5) is 0 Å². The van der Waals surface area contributed by atoms with Crippen LogP contribution in [0.2, 0.25) is 5.02 Å². The van der Waals surface area contributed by atoms with Gasteiger partial charge in [-0.15, -0.1) is 0 Å². The molecule has 0 fully saturated rings. The smallest absolute Gasteiger partial charge is 0.324 e. The molecule has 0 saturated heterocycles. The first-order chi connectivity index (χ1) is 9.01. The predicted molar refractivity (Wildman–Crippen MR) is 77.7 cm³/mol. The van der Waals surface area contributed by atoms with E-state index in [1.54, 1.807) is 0 Å². The number of carboxylic acids is 1. The molecule has 9 heteroatoms. The van der Waals surface area contributed by atoms with Crippen LogP contribution in [0.1, 0.15) is 13.8 Å². The molecule has 0 amide bonds. The average molecular weight is 387 g/mol. The Bertz CT molecular complexity index is 644. The van der Waals surface area contributed by atoms with Crippen molar-refractivity contribution in [3.63, 3.8) is 0 Å². The molecule has 6 nitrogen and oxygen atoms in total. The number of methoxy groups -OCH3 is 1. The zero-order valence-electron chi connectivity index (χ0n) is 10.9. The third-order valence-electron chi connectivity index (χ3n) is 2.39. The van der Waals surface area contributed by atoms with Gasteiger partial charge in [0.25, 0.3) is 0 Å². The lowest BCUT2D eigenvalue weighted by atomic mass is 10.1. The molecule has 1 aromatic carbocycles. The zero-order valence-corrected chi connectivity index (χ0v) is 14.1. The van der Waals surface area contributed by atoms with E-state index in [9.17, 15) is 13.2 Å². The molecule has 0 aliphatic rings. The highest BCUT2D eigenvalue weighted by Crippen LogP contribution is 2.35. The summed E-state index contributed by atoms with van der Waals surface area (Å²) in [6, 6.07) is 2.66. The lowest BCUT2D eigenvalue weighted by molar-refractivity contribution is -0.142. The van der Waals surface area contributed by atoms with Gasteiger partial charge in [-0.25, -0.2) is 8.42 Å². The highest BCUT2D eigenvalue weighted by Gasteiger charge is 2.34. The van der Waals surface area contributed by atoms with E-state index in [0.717, 1.165) is 0 Å². The van der Waals surface area contributed by atoms with Crippen molar-refractivity contribution < 1.29 is 23.1 Å². The van der Waals surface area contributed by atoms with Gasteiger partial charge in [0, 0.05) is 5.02 Å². The third-order valence-corrected chi connectivity index (χ3v) is 4.86. The molecule has 1 rings (SSSR count). The number of sulfonamides is 1. The summed E-state index contributed by atoms with van der Waals surface area (Å²) in [7, 11) is -2.82. The molecule has 0 spiro atoms. The third kappa shape index (κ3) is 3.63. The predicted octanol–water partition coefficient (Wildman–Crippen LogP) is 2.25. The molecule has 0 radical (unpaired) electrons. The number of rotatable bonds is 5. The van der Waals surface area contributed by atoms with E-state index in [2.05, 4.69) is 20.7 Å². The van der Waals surface area contributed by atoms with Gasteiger partial charge >= 0.3 is 5.97 Å². The minimum Gasteiger partial charge on any atom is -0.494 e. The number of ether oxygens (including phenoxy) is 1. The van der Waals surface area contributed by atoms with Crippen LogP contribution in [-0.4, -0.2) is 32.1 Å². The number of halogens is 2. The number of benzene rings is 1. The fraction of sp³-hybridized carbons (Fsp3) is 0.364. The van der Waals surface area contributed by atoms with Crippen LogP contribution in [0.3, 0.4) is 0 Å². The van der Waals surface area contributed by atoms with Gasteiger partial charge in [-0.05, 0) is 41.9 Å². The van der Waals surface area contributed by atoms with Crippen LogP contribution in [0.25, 0.3) is 0 Å². The molecule has 0 aliphatic carbocycles. The molecule has 0 bridgehead atoms. The topological polar surface area (TPSA) is 92.7 Å². The Morgan fingerprint density at radius 2 is 2.00 bits per heavy atom. The Balaban J connectivity index is 3.40. The molecule has 0 saturated carbocycles. The van der Waals surface area contributed by atoms with E-state index in [1.807, 2.05) is 0 Å². The van der Waals surface area contributed by atoms with Crippen molar-refractivity contribution in [1.82, 2.24) is 4.72 Å². The number of carboxylic acid groups (broad SMARTS) is 1. The quantitative estimate of drug-likeness (QED) is 0.809. The standard InChI is InChI=1S/C11H13BrClNO5S/c1-11(2,10(15)16)14-20(17,18)8-5-6(13)4-7(12)9(8)19-3/h4-5,14H,1-3H3,(H,15,16). The lowest BCUT2D eigenvalue weighted by Crippen LogP contribution is -2.49. The number of nitrogens with one attached hydrogen (secondary N) is 1. The summed E-state index contributed by atoms with van der Waals surface area (Å²) in [4.78, 5) is 10.8. The van der Waals surface area contributed by atoms with Crippen molar-refractivity contribution in [2.45, 2.75) is 24.3 Å². The van der Waals surface area contributed by atoms with E-state index in [1.165, 1.54) is 33.1 Å². The molecule has 0 aromatic heterocycles. The van der Waals surface area contributed by atoms with Crippen LogP contribution in [0, 0.1) is 0 Å². The highest BCUT2D eigenvalue weighted by atomic mass is 79.9. The van der Waals surface area contributed by atoms with Crippen LogP contribution < -0.4 is 9.46 Å². The molecule has 20 heavy (non-hydrogen) atoms. The Morgan fingerprint density at radius 1 is 1.45 bits per heavy atom. The fourth-order valence-corrected chi connectivity index (χ4v) is 4.13. The van der Waals surface area contributed by atoms with Gasteiger partial charge < -0.3 is 9.84 Å². The number of hydrogen-bond acceptors (Lipinski definition) is 4. The Hall–Kier alpha value is -0.830. The summed E-state index contributed by atoms with van der Waals surface area (Å²) in [6.07, 6.45) is 0. The Labute approximate surface area is 130 Å². The molecular formula is C11H13BrClNO5S. The first-order valence-corrected chi connectivity index (χ1v) is 7.97. The number of carbonyl (C=O) groups is 1. The highest BCUT2D eigenvalue weighted by molar-refractivity contribution is 9.10. The summed E-state index contributed by atoms with van der Waals surface area (Å²) in [6.45, 7) is 2.47. The van der Waals surface area contributed by atoms with Crippen LogP contribution in [0.15, 0.2) is 21.5 Å². The monoisotopic (exact) mass is 385 g/mol. The van der Waals surface area contributed by atoms with E-state index in [4.69, 9.17) is 21.4 Å². The normalized spacial score (nSPS) is 12.2. The Morgan fingerprint density at radius 3 is 2.45 bits per heavy atom. The summed E-state index contributed by atoms with van der Waals surface area (Å²) in [5.41, 5.74) is -1.67. The Kier molecular flexibility index (Phi) is 5.07. The van der Waals surface area contributed by atoms with Gasteiger partial charge in [-0.2, -0.15) is 4.72 Å². The first-order valence-electron chi connectivity index (χ1n) is 5.31. The second kappa shape index (κ2) is 5.88. The molecule has 112 valence electrons. The lowest BCUT2D eigenvalue weighted by Gasteiger charge is -2.22. The average Bonchev–Trinajstić information content (AvgIpc) is 2.26. The number of aliphatic carboxylic acids is 1. The maximum atomic E-state index is 12.3. The van der Waals surface area contributed by atoms with Crippen molar-refractivity contribution in [3.8, 4) is 5.75 Å². The summed E-state index contributed by atoms with van der Waals surface area (Å²) in [5, 5.41) is 9.17. The molecule has 1 aromatic rings. The summed E-state index contributed by atoms with van der Waals surface area (Å²) < 4.78 is 32.1. The van der Waals surface area contributed by atoms with Gasteiger partial charge in [-0.3, -0.25) is 4.79 Å². The summed E-state index contributed by atoms with van der Waals surface area (Å²) >= 11 is 8.97. The molecule has 0 aliphatic heterocycles.